The first-order chi connectivity index (χ1) is 10.0. The highest BCUT2D eigenvalue weighted by Crippen LogP contribution is 2.33. The number of hydrogen-bond donors (Lipinski definition) is 1. The van der Waals surface area contributed by atoms with Gasteiger partial charge < -0.3 is 14.8 Å². The number of rotatable bonds is 5. The average Bonchev–Trinajstić information content (AvgIpc) is 2.47. The summed E-state index contributed by atoms with van der Waals surface area (Å²) in [6, 6.07) is 10.3. The molecule has 2 rings (SSSR count). The van der Waals surface area contributed by atoms with Crippen LogP contribution < -0.4 is 14.8 Å². The van der Waals surface area contributed by atoms with Gasteiger partial charge in [-0.1, -0.05) is 33.6 Å². The van der Waals surface area contributed by atoms with Crippen molar-refractivity contribution in [3.05, 3.63) is 51.5 Å². The minimum Gasteiger partial charge on any atom is -0.493 e. The van der Waals surface area contributed by atoms with Crippen LogP contribution in [0.5, 0.6) is 11.5 Å². The van der Waals surface area contributed by atoms with Gasteiger partial charge in [0.1, 0.15) is 0 Å². The molecule has 0 atom stereocenters. The van der Waals surface area contributed by atoms with E-state index in [1.807, 2.05) is 12.1 Å². The van der Waals surface area contributed by atoms with Gasteiger partial charge in [-0.3, -0.25) is 0 Å². The molecule has 0 unspecified atom stereocenters. The Bertz CT molecular complexity index is 641. The van der Waals surface area contributed by atoms with Crippen LogP contribution >= 0.6 is 15.9 Å². The van der Waals surface area contributed by atoms with Crippen LogP contribution in [0.2, 0.25) is 0 Å². The molecule has 0 bridgehead atoms. The molecule has 3 nitrogen and oxygen atoms in total. The first kappa shape index (κ1) is 15.7. The predicted octanol–water partition coefficient (Wildman–Crippen LogP) is 4.70. The standard InChI is InChI=1S/C17H20BrNO2/c1-11-5-6-15(12(2)7-11)19-10-13-8-16(20-3)17(21-4)9-14(13)18/h5-9,19H,10H2,1-4H3. The van der Waals surface area contributed by atoms with E-state index in [0.29, 0.717) is 6.54 Å². The maximum absolute atomic E-state index is 5.35. The van der Waals surface area contributed by atoms with E-state index in [1.165, 1.54) is 11.1 Å². The van der Waals surface area contributed by atoms with Crippen LogP contribution in [0, 0.1) is 13.8 Å². The van der Waals surface area contributed by atoms with E-state index in [2.05, 4.69) is 53.3 Å². The molecule has 0 aliphatic rings. The Morgan fingerprint density at radius 2 is 1.67 bits per heavy atom. The zero-order chi connectivity index (χ0) is 15.4. The quantitative estimate of drug-likeness (QED) is 0.848. The van der Waals surface area contributed by atoms with E-state index in [0.717, 1.165) is 27.2 Å². The molecule has 0 fully saturated rings. The van der Waals surface area contributed by atoms with Gasteiger partial charge in [0, 0.05) is 16.7 Å². The lowest BCUT2D eigenvalue weighted by molar-refractivity contribution is 0.354. The number of benzene rings is 2. The number of nitrogens with one attached hydrogen (secondary N) is 1. The van der Waals surface area contributed by atoms with E-state index in [1.54, 1.807) is 14.2 Å². The molecular formula is C17H20BrNO2. The molecule has 4 heteroatoms. The Hall–Kier alpha value is -1.68. The van der Waals surface area contributed by atoms with Gasteiger partial charge in [0.05, 0.1) is 14.2 Å². The number of halogens is 1. The fourth-order valence-corrected chi connectivity index (χ4v) is 2.70. The van der Waals surface area contributed by atoms with Crippen molar-refractivity contribution in [2.24, 2.45) is 0 Å². The average molecular weight is 350 g/mol. The first-order valence-corrected chi connectivity index (χ1v) is 7.56. The molecule has 0 amide bonds. The molecule has 1 N–H and O–H groups in total. The molecule has 0 heterocycles. The Kier molecular flexibility index (Phi) is 5.12. The van der Waals surface area contributed by atoms with Crippen LogP contribution in [0.15, 0.2) is 34.8 Å². The fourth-order valence-electron chi connectivity index (χ4n) is 2.23. The third-order valence-corrected chi connectivity index (χ3v) is 4.14. The number of anilines is 1. The summed E-state index contributed by atoms with van der Waals surface area (Å²) in [6.07, 6.45) is 0. The second-order valence-electron chi connectivity index (χ2n) is 4.97. The third-order valence-electron chi connectivity index (χ3n) is 3.40. The van der Waals surface area contributed by atoms with E-state index < -0.39 is 0 Å². The van der Waals surface area contributed by atoms with Crippen molar-refractivity contribution >= 4 is 21.6 Å². The summed E-state index contributed by atoms with van der Waals surface area (Å²) >= 11 is 3.58. The predicted molar refractivity (Wildman–Crippen MR) is 90.5 cm³/mol. The molecule has 0 aliphatic heterocycles. The second-order valence-corrected chi connectivity index (χ2v) is 5.82. The van der Waals surface area contributed by atoms with Gasteiger partial charge in [0.2, 0.25) is 0 Å². The molecule has 0 saturated carbocycles. The maximum atomic E-state index is 5.35. The largest absolute Gasteiger partial charge is 0.493 e. The van der Waals surface area contributed by atoms with Gasteiger partial charge in [0.15, 0.2) is 11.5 Å². The summed E-state index contributed by atoms with van der Waals surface area (Å²) in [7, 11) is 3.28. The monoisotopic (exact) mass is 349 g/mol. The molecule has 2 aromatic carbocycles. The molecule has 0 saturated heterocycles. The first-order valence-electron chi connectivity index (χ1n) is 6.76. The Morgan fingerprint density at radius 3 is 2.29 bits per heavy atom. The van der Waals surface area contributed by atoms with Gasteiger partial charge in [-0.2, -0.15) is 0 Å². The Morgan fingerprint density at radius 1 is 1.00 bits per heavy atom. The van der Waals surface area contributed by atoms with Crippen LogP contribution in [0.4, 0.5) is 5.69 Å². The van der Waals surface area contributed by atoms with E-state index in [9.17, 15) is 0 Å². The van der Waals surface area contributed by atoms with Gasteiger partial charge >= 0.3 is 0 Å². The zero-order valence-electron chi connectivity index (χ0n) is 12.8. The van der Waals surface area contributed by atoms with E-state index >= 15 is 0 Å². The molecule has 0 radical (unpaired) electrons. The highest BCUT2D eigenvalue weighted by molar-refractivity contribution is 9.10. The van der Waals surface area contributed by atoms with Crippen LogP contribution in [0.1, 0.15) is 16.7 Å². The van der Waals surface area contributed by atoms with E-state index in [-0.39, 0.29) is 0 Å². The lowest BCUT2D eigenvalue weighted by atomic mass is 10.1. The molecule has 0 spiro atoms. The van der Waals surface area contributed by atoms with Crippen molar-refractivity contribution in [3.8, 4) is 11.5 Å². The smallest absolute Gasteiger partial charge is 0.161 e. The topological polar surface area (TPSA) is 30.5 Å². The lowest BCUT2D eigenvalue weighted by Crippen LogP contribution is -2.03. The van der Waals surface area contributed by atoms with Crippen molar-refractivity contribution < 1.29 is 9.47 Å². The van der Waals surface area contributed by atoms with Crippen molar-refractivity contribution in [1.29, 1.82) is 0 Å². The van der Waals surface area contributed by atoms with Gasteiger partial charge in [-0.25, -0.2) is 0 Å². The molecule has 2 aromatic rings. The summed E-state index contributed by atoms with van der Waals surface area (Å²) in [5, 5.41) is 3.46. The van der Waals surface area contributed by atoms with Crippen LogP contribution in [-0.2, 0) is 6.54 Å². The summed E-state index contributed by atoms with van der Waals surface area (Å²) in [5.74, 6) is 1.46. The molecule has 112 valence electrons. The molecule has 21 heavy (non-hydrogen) atoms. The fraction of sp³-hybridized carbons (Fsp3) is 0.294. The number of hydrogen-bond acceptors (Lipinski definition) is 3. The summed E-state index contributed by atoms with van der Waals surface area (Å²) in [4.78, 5) is 0. The van der Waals surface area contributed by atoms with Gasteiger partial charge in [-0.15, -0.1) is 0 Å². The highest BCUT2D eigenvalue weighted by Gasteiger charge is 2.09. The van der Waals surface area contributed by atoms with Gasteiger partial charge in [0.25, 0.3) is 0 Å². The maximum Gasteiger partial charge on any atom is 0.161 e. The molecular weight excluding hydrogens is 330 g/mol. The third kappa shape index (κ3) is 3.70. The van der Waals surface area contributed by atoms with Crippen LogP contribution in [0.25, 0.3) is 0 Å². The molecule has 0 aromatic heterocycles. The minimum absolute atomic E-state index is 0.713. The Balaban J connectivity index is 2.19. The second kappa shape index (κ2) is 6.85. The summed E-state index contributed by atoms with van der Waals surface area (Å²) in [6.45, 7) is 4.92. The zero-order valence-corrected chi connectivity index (χ0v) is 14.4. The van der Waals surface area contributed by atoms with Crippen LogP contribution in [0.3, 0.4) is 0 Å². The van der Waals surface area contributed by atoms with Crippen molar-refractivity contribution in [2.75, 3.05) is 19.5 Å². The minimum atomic E-state index is 0.713. The summed E-state index contributed by atoms with van der Waals surface area (Å²) < 4.78 is 11.6. The highest BCUT2D eigenvalue weighted by atomic mass is 79.9. The van der Waals surface area contributed by atoms with Crippen molar-refractivity contribution in [2.45, 2.75) is 20.4 Å². The van der Waals surface area contributed by atoms with Crippen molar-refractivity contribution in [3.63, 3.8) is 0 Å². The van der Waals surface area contributed by atoms with Crippen LogP contribution in [-0.4, -0.2) is 14.2 Å². The summed E-state index contributed by atoms with van der Waals surface area (Å²) in [5.41, 5.74) is 4.77. The van der Waals surface area contributed by atoms with E-state index in [4.69, 9.17) is 9.47 Å². The van der Waals surface area contributed by atoms with Gasteiger partial charge in [-0.05, 0) is 43.2 Å². The number of methoxy groups -OCH3 is 2. The van der Waals surface area contributed by atoms with Crippen molar-refractivity contribution in [1.82, 2.24) is 0 Å². The Labute approximate surface area is 134 Å². The number of aryl methyl sites for hydroxylation is 2. The number of ether oxygens (including phenoxy) is 2. The lowest BCUT2D eigenvalue weighted by Gasteiger charge is -2.14. The normalized spacial score (nSPS) is 10.3. The molecule has 0 aliphatic carbocycles. The SMILES string of the molecule is COc1cc(Br)c(CNc2ccc(C)cc2C)cc1OC.